The Morgan fingerprint density at radius 2 is 1.52 bits per heavy atom. The van der Waals surface area contributed by atoms with Crippen LogP contribution in [0.15, 0.2) is 24.3 Å². The molecule has 0 N–H and O–H groups in total. The zero-order valence-electron chi connectivity index (χ0n) is 15.1. The molecule has 4 nitrogen and oxygen atoms in total. The molecule has 5 heteroatoms. The highest BCUT2D eigenvalue weighted by molar-refractivity contribution is 6.30. The van der Waals surface area contributed by atoms with Gasteiger partial charge in [0.1, 0.15) is 0 Å². The van der Waals surface area contributed by atoms with Crippen molar-refractivity contribution in [1.82, 2.24) is 9.80 Å². The van der Waals surface area contributed by atoms with Crippen molar-refractivity contribution in [1.29, 1.82) is 0 Å². The van der Waals surface area contributed by atoms with Crippen LogP contribution in [0.2, 0.25) is 5.02 Å². The van der Waals surface area contributed by atoms with E-state index in [0.717, 1.165) is 57.3 Å². The van der Waals surface area contributed by atoms with Crippen molar-refractivity contribution >= 4 is 23.2 Å². The maximum atomic E-state index is 12.3. The predicted molar refractivity (Wildman–Crippen MR) is 104 cm³/mol. The van der Waals surface area contributed by atoms with Crippen LogP contribution in [0, 0.1) is 0 Å². The minimum Gasteiger partial charge on any atom is -0.369 e. The minimum atomic E-state index is 0.363. The van der Waals surface area contributed by atoms with E-state index in [-0.39, 0.29) is 0 Å². The summed E-state index contributed by atoms with van der Waals surface area (Å²) < 4.78 is 0. The number of rotatable bonds is 5. The normalized spacial score (nSPS) is 19.7. The third-order valence-corrected chi connectivity index (χ3v) is 5.64. The molecule has 2 aliphatic heterocycles. The Hall–Kier alpha value is -1.26. The van der Waals surface area contributed by atoms with E-state index in [4.69, 9.17) is 11.6 Å². The molecule has 0 spiro atoms. The number of carbonyl (C=O) groups excluding carboxylic acids is 1. The van der Waals surface area contributed by atoms with Crippen molar-refractivity contribution in [3.8, 4) is 0 Å². The molecule has 0 aliphatic carbocycles. The van der Waals surface area contributed by atoms with Gasteiger partial charge < -0.3 is 9.80 Å². The fourth-order valence-electron chi connectivity index (χ4n) is 3.81. The summed E-state index contributed by atoms with van der Waals surface area (Å²) in [4.78, 5) is 19.3. The molecular weight excluding hydrogens is 334 g/mol. The van der Waals surface area contributed by atoms with Crippen molar-refractivity contribution < 1.29 is 4.79 Å². The Labute approximate surface area is 156 Å². The van der Waals surface area contributed by atoms with Crippen molar-refractivity contribution in [3.63, 3.8) is 0 Å². The highest BCUT2D eigenvalue weighted by Crippen LogP contribution is 2.19. The van der Waals surface area contributed by atoms with Crippen LogP contribution in [-0.2, 0) is 4.79 Å². The van der Waals surface area contributed by atoms with E-state index in [2.05, 4.69) is 26.8 Å². The molecule has 2 fully saturated rings. The number of anilines is 1. The summed E-state index contributed by atoms with van der Waals surface area (Å²) in [5.41, 5.74) is 1.25. The Morgan fingerprint density at radius 3 is 2.16 bits per heavy atom. The first-order valence-electron chi connectivity index (χ1n) is 9.73. The van der Waals surface area contributed by atoms with Gasteiger partial charge in [0.15, 0.2) is 0 Å². The number of piperazine rings is 1. The number of carbonyl (C=O) groups is 1. The fraction of sp³-hybridized carbons (Fsp3) is 0.650. The molecule has 3 rings (SSSR count). The lowest BCUT2D eigenvalue weighted by molar-refractivity contribution is -0.131. The van der Waals surface area contributed by atoms with Gasteiger partial charge in [0.25, 0.3) is 0 Å². The van der Waals surface area contributed by atoms with E-state index in [0.29, 0.717) is 12.3 Å². The lowest BCUT2D eigenvalue weighted by atomic mass is 10.2. The van der Waals surface area contributed by atoms with Crippen LogP contribution in [-0.4, -0.2) is 61.5 Å². The van der Waals surface area contributed by atoms with E-state index in [1.807, 2.05) is 12.1 Å². The van der Waals surface area contributed by atoms with Gasteiger partial charge in [-0.05, 0) is 50.1 Å². The smallest absolute Gasteiger partial charge is 0.222 e. The first-order chi connectivity index (χ1) is 12.2. The maximum absolute atomic E-state index is 12.3. The summed E-state index contributed by atoms with van der Waals surface area (Å²) in [6.07, 6.45) is 6.60. The lowest BCUT2D eigenvalue weighted by Gasteiger charge is -2.36. The zero-order valence-corrected chi connectivity index (χ0v) is 15.9. The summed E-state index contributed by atoms with van der Waals surface area (Å²) >= 11 is 5.96. The van der Waals surface area contributed by atoms with Gasteiger partial charge in [0.2, 0.25) is 5.91 Å². The third-order valence-electron chi connectivity index (χ3n) is 5.39. The molecule has 0 atom stereocenters. The van der Waals surface area contributed by atoms with Gasteiger partial charge in [-0.25, -0.2) is 0 Å². The van der Waals surface area contributed by atoms with E-state index in [1.165, 1.54) is 31.4 Å². The van der Waals surface area contributed by atoms with Crippen LogP contribution in [0.25, 0.3) is 0 Å². The highest BCUT2D eigenvalue weighted by atomic mass is 35.5. The summed E-state index contributed by atoms with van der Waals surface area (Å²) in [7, 11) is 0. The van der Waals surface area contributed by atoms with Gasteiger partial charge in [0.05, 0.1) is 0 Å². The van der Waals surface area contributed by atoms with Gasteiger partial charge in [-0.1, -0.05) is 24.4 Å². The van der Waals surface area contributed by atoms with Gasteiger partial charge in [-0.3, -0.25) is 9.69 Å². The third kappa shape index (κ3) is 5.61. The van der Waals surface area contributed by atoms with Crippen LogP contribution >= 0.6 is 11.6 Å². The van der Waals surface area contributed by atoms with Crippen molar-refractivity contribution in [3.05, 3.63) is 29.3 Å². The van der Waals surface area contributed by atoms with Crippen LogP contribution in [0.5, 0.6) is 0 Å². The van der Waals surface area contributed by atoms with Gasteiger partial charge >= 0.3 is 0 Å². The molecule has 0 unspecified atom stereocenters. The second-order valence-corrected chi connectivity index (χ2v) is 7.64. The second kappa shape index (κ2) is 9.44. The van der Waals surface area contributed by atoms with Gasteiger partial charge in [-0.2, -0.15) is 0 Å². The summed E-state index contributed by atoms with van der Waals surface area (Å²) in [5, 5.41) is 0.788. The predicted octanol–water partition coefficient (Wildman–Crippen LogP) is 3.64. The lowest BCUT2D eigenvalue weighted by Crippen LogP contribution is -2.46. The summed E-state index contributed by atoms with van der Waals surface area (Å²) in [6, 6.07) is 8.10. The van der Waals surface area contributed by atoms with Crippen LogP contribution in [0.4, 0.5) is 5.69 Å². The average molecular weight is 364 g/mol. The number of amides is 1. The molecular formula is C20H30ClN3O. The standard InChI is InChI=1S/C20H30ClN3O/c21-18-7-9-19(10-8-18)23-16-14-22(15-17-23)11-5-6-20(25)24-12-3-1-2-4-13-24/h7-10H,1-6,11-17H2. The Kier molecular flexibility index (Phi) is 7.00. The maximum Gasteiger partial charge on any atom is 0.222 e. The SMILES string of the molecule is O=C(CCCN1CCN(c2ccc(Cl)cc2)CC1)N1CCCCCC1. The Balaban J connectivity index is 1.35. The molecule has 0 aromatic heterocycles. The number of hydrogen-bond donors (Lipinski definition) is 0. The van der Waals surface area contributed by atoms with Gasteiger partial charge in [0, 0.05) is 56.4 Å². The molecule has 0 bridgehead atoms. The Morgan fingerprint density at radius 1 is 0.880 bits per heavy atom. The summed E-state index contributed by atoms with van der Waals surface area (Å²) in [5.74, 6) is 0.363. The van der Waals surface area contributed by atoms with Crippen LogP contribution < -0.4 is 4.90 Å². The molecule has 0 radical (unpaired) electrons. The van der Waals surface area contributed by atoms with Crippen molar-refractivity contribution in [2.75, 3.05) is 50.7 Å². The molecule has 2 saturated heterocycles. The molecule has 1 aromatic rings. The Bertz CT molecular complexity index is 532. The highest BCUT2D eigenvalue weighted by Gasteiger charge is 2.18. The van der Waals surface area contributed by atoms with Crippen molar-refractivity contribution in [2.45, 2.75) is 38.5 Å². The first-order valence-corrected chi connectivity index (χ1v) is 10.1. The molecule has 1 amide bonds. The topological polar surface area (TPSA) is 26.8 Å². The summed E-state index contributed by atoms with van der Waals surface area (Å²) in [6.45, 7) is 7.20. The number of hydrogen-bond acceptors (Lipinski definition) is 3. The first kappa shape index (κ1) is 18.5. The van der Waals surface area contributed by atoms with Crippen LogP contribution in [0.1, 0.15) is 38.5 Å². The molecule has 2 heterocycles. The average Bonchev–Trinajstić information content (AvgIpc) is 2.92. The number of nitrogens with zero attached hydrogens (tertiary/aromatic N) is 3. The van der Waals surface area contributed by atoms with E-state index >= 15 is 0 Å². The van der Waals surface area contributed by atoms with Gasteiger partial charge in [-0.15, -0.1) is 0 Å². The quantitative estimate of drug-likeness (QED) is 0.799. The number of likely N-dealkylation sites (tertiary alicyclic amines) is 1. The second-order valence-electron chi connectivity index (χ2n) is 7.20. The molecule has 25 heavy (non-hydrogen) atoms. The molecule has 0 saturated carbocycles. The van der Waals surface area contributed by atoms with E-state index < -0.39 is 0 Å². The van der Waals surface area contributed by atoms with Crippen LogP contribution in [0.3, 0.4) is 0 Å². The number of benzene rings is 1. The van der Waals surface area contributed by atoms with E-state index in [9.17, 15) is 4.79 Å². The number of halogens is 1. The zero-order chi connectivity index (χ0) is 17.5. The largest absolute Gasteiger partial charge is 0.369 e. The van der Waals surface area contributed by atoms with Crippen molar-refractivity contribution in [2.24, 2.45) is 0 Å². The molecule has 138 valence electrons. The molecule has 1 aromatic carbocycles. The molecule has 2 aliphatic rings. The minimum absolute atomic E-state index is 0.363. The monoisotopic (exact) mass is 363 g/mol. The fourth-order valence-corrected chi connectivity index (χ4v) is 3.94. The van der Waals surface area contributed by atoms with E-state index in [1.54, 1.807) is 0 Å².